The highest BCUT2D eigenvalue weighted by Crippen LogP contribution is 2.44. The Labute approximate surface area is 216 Å². The van der Waals surface area contributed by atoms with Crippen LogP contribution < -0.4 is 9.38 Å². The van der Waals surface area contributed by atoms with E-state index in [1.165, 1.54) is 4.48 Å². The number of halogens is 2. The number of hydrogen-bond donors (Lipinski definition) is 0. The van der Waals surface area contributed by atoms with E-state index in [2.05, 4.69) is 4.90 Å². The highest BCUT2D eigenvalue weighted by molar-refractivity contribution is 6.59. The zero-order valence-corrected chi connectivity index (χ0v) is 20.1. The van der Waals surface area contributed by atoms with E-state index in [1.807, 2.05) is 97.1 Å². The van der Waals surface area contributed by atoms with Gasteiger partial charge in [0.1, 0.15) is 5.56 Å². The van der Waals surface area contributed by atoms with Crippen LogP contribution in [-0.4, -0.2) is 11.4 Å². The van der Waals surface area contributed by atoms with Crippen LogP contribution in [-0.2, 0) is 0 Å². The molecule has 0 fully saturated rings. The van der Waals surface area contributed by atoms with Crippen LogP contribution in [0.2, 0.25) is 0 Å². The molecule has 0 atom stereocenters. The van der Waals surface area contributed by atoms with E-state index in [-0.39, 0.29) is 5.89 Å². The van der Waals surface area contributed by atoms with Crippen LogP contribution in [0.25, 0.3) is 44.4 Å². The van der Waals surface area contributed by atoms with Crippen LogP contribution in [0.4, 0.5) is 25.7 Å². The molecule has 38 heavy (non-hydrogen) atoms. The molecule has 0 N–H and O–H groups in total. The molecule has 0 spiro atoms. The number of nitrogens with zero attached hydrogens (tertiary/aromatic N) is 3. The minimum absolute atomic E-state index is 0.188. The number of oxazole rings is 1. The van der Waals surface area contributed by atoms with E-state index in [4.69, 9.17) is 4.42 Å². The molecule has 7 aromatic rings. The smallest absolute Gasteiger partial charge is 0.401 e. The number of aromatic nitrogens is 2. The zero-order chi connectivity index (χ0) is 25.4. The quantitative estimate of drug-likeness (QED) is 0.230. The van der Waals surface area contributed by atoms with Gasteiger partial charge >= 0.3 is 12.9 Å². The first-order valence-corrected chi connectivity index (χ1v) is 12.6. The molecule has 1 aliphatic heterocycles. The lowest BCUT2D eigenvalue weighted by Crippen LogP contribution is -2.65. The lowest BCUT2D eigenvalue weighted by atomic mass is 9.90. The molecule has 3 heterocycles. The van der Waals surface area contributed by atoms with Crippen molar-refractivity contribution in [2.75, 3.05) is 4.90 Å². The van der Waals surface area contributed by atoms with Crippen molar-refractivity contribution in [1.29, 1.82) is 0 Å². The third-order valence-electron chi connectivity index (χ3n) is 7.50. The van der Waals surface area contributed by atoms with Gasteiger partial charge in [0.15, 0.2) is 5.58 Å². The van der Waals surface area contributed by atoms with Crippen molar-refractivity contribution in [2.45, 2.75) is 0 Å². The fraction of sp³-hybridized carbons (Fsp3) is 0. The van der Waals surface area contributed by atoms with E-state index in [9.17, 15) is 0 Å². The van der Waals surface area contributed by atoms with Crippen molar-refractivity contribution in [3.8, 4) is 11.5 Å². The molecule has 2 aromatic heterocycles. The molecule has 1 aliphatic rings. The summed E-state index contributed by atoms with van der Waals surface area (Å²) in [6.07, 6.45) is 0. The Kier molecular flexibility index (Phi) is 4.22. The monoisotopic (exact) mass is 499 g/mol. The number of anilines is 3. The minimum atomic E-state index is -4.21. The third-order valence-corrected chi connectivity index (χ3v) is 7.50. The number of para-hydroxylation sites is 5. The molecule has 4 nitrogen and oxygen atoms in total. The maximum Gasteiger partial charge on any atom is 0.740 e. The normalized spacial score (nSPS) is 13.7. The molecule has 0 bridgehead atoms. The van der Waals surface area contributed by atoms with Gasteiger partial charge in [-0.3, -0.25) is 4.48 Å². The summed E-state index contributed by atoms with van der Waals surface area (Å²) >= 11 is 0. The lowest BCUT2D eigenvalue weighted by molar-refractivity contribution is -0.534. The van der Waals surface area contributed by atoms with Gasteiger partial charge in [0.2, 0.25) is 5.52 Å². The van der Waals surface area contributed by atoms with Crippen LogP contribution >= 0.6 is 0 Å². The van der Waals surface area contributed by atoms with Crippen molar-refractivity contribution in [3.63, 3.8) is 0 Å². The summed E-state index contributed by atoms with van der Waals surface area (Å²) < 4.78 is 41.3. The van der Waals surface area contributed by atoms with Gasteiger partial charge in [0.25, 0.3) is 0 Å². The van der Waals surface area contributed by atoms with Crippen LogP contribution in [0.15, 0.2) is 126 Å². The highest BCUT2D eigenvalue weighted by Gasteiger charge is 2.53. The summed E-state index contributed by atoms with van der Waals surface area (Å²) in [5.74, 6) is 0.188. The summed E-state index contributed by atoms with van der Waals surface area (Å²) in [7, 11) is 0. The van der Waals surface area contributed by atoms with Gasteiger partial charge < -0.3 is 22.4 Å². The fourth-order valence-corrected chi connectivity index (χ4v) is 5.94. The first-order valence-electron chi connectivity index (χ1n) is 12.6. The molecular formula is C31H20BF2N3O. The van der Waals surface area contributed by atoms with Gasteiger partial charge in [0, 0.05) is 44.9 Å². The molecule has 5 aromatic carbocycles. The van der Waals surface area contributed by atoms with Gasteiger partial charge in [-0.25, -0.2) is 0 Å². The topological polar surface area (TPSA) is 25.2 Å². The maximum atomic E-state index is 16.5. The Bertz CT molecular complexity index is 1980. The number of fused-ring (bicyclic) bond motifs is 7. The predicted molar refractivity (Wildman–Crippen MR) is 148 cm³/mol. The standard InChI is InChI=1S/C31H20BF2N3O/c33-32(34)36-27-19-18-23(35(21-10-3-1-4-11-21)22-12-5-2-6-13-22)20-26(27)24-14-9-15-25(30(24)36)31-37(32)28-16-7-8-17-29(28)38-31/h1-20H. The number of rotatable bonds is 3. The van der Waals surface area contributed by atoms with E-state index < -0.39 is 6.97 Å². The molecule has 0 saturated heterocycles. The molecule has 8 rings (SSSR count). The van der Waals surface area contributed by atoms with Crippen molar-refractivity contribution >= 4 is 56.9 Å². The maximum absolute atomic E-state index is 16.5. The molecule has 0 amide bonds. The van der Waals surface area contributed by atoms with Crippen molar-refractivity contribution in [1.82, 2.24) is 4.48 Å². The second kappa shape index (κ2) is 7.55. The second-order valence-corrected chi connectivity index (χ2v) is 9.61. The zero-order valence-electron chi connectivity index (χ0n) is 20.1. The van der Waals surface area contributed by atoms with Crippen LogP contribution in [0.1, 0.15) is 0 Å². The third kappa shape index (κ3) is 2.76. The predicted octanol–water partition coefficient (Wildman–Crippen LogP) is 8.05. The van der Waals surface area contributed by atoms with Crippen molar-refractivity contribution in [2.24, 2.45) is 0 Å². The Morgan fingerprint density at radius 2 is 1.34 bits per heavy atom. The summed E-state index contributed by atoms with van der Waals surface area (Å²) in [6, 6.07) is 38.5. The van der Waals surface area contributed by atoms with Gasteiger partial charge in [-0.2, -0.15) is 0 Å². The summed E-state index contributed by atoms with van der Waals surface area (Å²) in [5.41, 5.74) is 5.34. The number of benzene rings is 5. The summed E-state index contributed by atoms with van der Waals surface area (Å²) in [5, 5.41) is 1.54. The molecule has 7 heteroatoms. The van der Waals surface area contributed by atoms with Gasteiger partial charge in [-0.05, 0) is 54.6 Å². The first-order chi connectivity index (χ1) is 18.6. The largest absolute Gasteiger partial charge is 0.740 e. The molecule has 0 aliphatic carbocycles. The lowest BCUT2D eigenvalue weighted by Gasteiger charge is -2.27. The Morgan fingerprint density at radius 1 is 0.658 bits per heavy atom. The number of hydrogen-bond acceptors (Lipinski definition) is 2. The van der Waals surface area contributed by atoms with E-state index >= 15 is 8.63 Å². The molecule has 0 radical (unpaired) electrons. The molecule has 0 unspecified atom stereocenters. The van der Waals surface area contributed by atoms with E-state index in [0.717, 1.165) is 32.3 Å². The Morgan fingerprint density at radius 3 is 2.08 bits per heavy atom. The summed E-state index contributed by atoms with van der Waals surface area (Å²) in [6.45, 7) is -4.21. The summed E-state index contributed by atoms with van der Waals surface area (Å²) in [4.78, 5) is 2.14. The minimum Gasteiger partial charge on any atom is -0.401 e. The molecule has 182 valence electrons. The second-order valence-electron chi connectivity index (χ2n) is 9.61. The molecular weight excluding hydrogens is 479 g/mol. The average molecular weight is 499 g/mol. The molecule has 0 saturated carbocycles. The van der Waals surface area contributed by atoms with Gasteiger partial charge in [-0.15, -0.1) is 0 Å². The van der Waals surface area contributed by atoms with Crippen LogP contribution in [0, 0.1) is 0 Å². The van der Waals surface area contributed by atoms with Crippen LogP contribution in [0.3, 0.4) is 0 Å². The average Bonchev–Trinajstić information content (AvgIpc) is 3.51. The van der Waals surface area contributed by atoms with E-state index in [1.54, 1.807) is 24.3 Å². The Hall–Kier alpha value is -4.91. The van der Waals surface area contributed by atoms with E-state index in [0.29, 0.717) is 27.7 Å². The van der Waals surface area contributed by atoms with Gasteiger partial charge in [0.05, 0.1) is 0 Å². The van der Waals surface area contributed by atoms with Crippen molar-refractivity contribution in [3.05, 3.63) is 121 Å². The SMILES string of the molecule is F[B-]1(F)n2c3ccc(N(c4ccccc4)c4ccccc4)cc3c3cccc(c32)-c2oc3ccccc3[n+]21. The van der Waals surface area contributed by atoms with Crippen LogP contribution in [0.5, 0.6) is 0 Å². The fourth-order valence-electron chi connectivity index (χ4n) is 5.94. The van der Waals surface area contributed by atoms with Gasteiger partial charge in [-0.1, -0.05) is 60.7 Å². The highest BCUT2D eigenvalue weighted by atomic mass is 19.2. The Balaban J connectivity index is 1.43. The van der Waals surface area contributed by atoms with Crippen molar-refractivity contribution < 1.29 is 17.5 Å². The first kappa shape index (κ1) is 21.2.